The van der Waals surface area contributed by atoms with Crippen molar-refractivity contribution < 1.29 is 157 Å². The van der Waals surface area contributed by atoms with Crippen molar-refractivity contribution in [3.8, 4) is 80.1 Å². The maximum Gasteiger partial charge on any atom is 0.249 e. The molecule has 0 unspecified atom stereocenters. The molecule has 17 bridgehead atoms. The molecule has 42 nitrogen and oxygen atoms in total. The molecule has 9 amide bonds. The number of nitrogens with one attached hydrogen (secondary N) is 8. The monoisotopic (exact) mass is 1900 g/mol. The van der Waals surface area contributed by atoms with Crippen LogP contribution < -0.4 is 72.0 Å². The number of hydrogen-bond acceptors (Lipinski definition) is 33. The second kappa shape index (κ2) is 41.8. The number of ether oxygens (including phenoxy) is 9. The molecular formula is C90H102Cl2N10O32. The number of benzene rings is 7. The number of amides is 9. The van der Waals surface area contributed by atoms with E-state index in [0.717, 1.165) is 129 Å². The van der Waals surface area contributed by atoms with Gasteiger partial charge in [0.2, 0.25) is 71.5 Å². The number of nitrogens with two attached hydrogens (primary N) is 1. The highest BCUT2D eigenvalue weighted by molar-refractivity contribution is 6.32. The van der Waals surface area contributed by atoms with E-state index < -0.39 is 304 Å². The second-order valence-electron chi connectivity index (χ2n) is 33.6. The van der Waals surface area contributed by atoms with Gasteiger partial charge in [-0.25, -0.2) is 0 Å². The van der Waals surface area contributed by atoms with E-state index in [1.165, 1.54) is 44.4 Å². The Balaban J connectivity index is 1.04. The summed E-state index contributed by atoms with van der Waals surface area (Å²) in [5.74, 6) is -17.9. The van der Waals surface area contributed by atoms with E-state index in [9.17, 15) is 85.9 Å². The maximum atomic E-state index is 17.1. The van der Waals surface area contributed by atoms with Crippen LogP contribution in [0.2, 0.25) is 10.0 Å². The van der Waals surface area contributed by atoms with Crippen molar-refractivity contribution in [3.63, 3.8) is 0 Å². The van der Waals surface area contributed by atoms with Crippen LogP contribution in [0, 0.1) is 0 Å². The Morgan fingerprint density at radius 1 is 0.493 bits per heavy atom. The summed E-state index contributed by atoms with van der Waals surface area (Å²) in [5, 5.41) is 180. The number of hydrogen-bond donors (Lipinski definition) is 23. The Morgan fingerprint density at radius 2 is 1.04 bits per heavy atom. The Morgan fingerprint density at radius 3 is 1.66 bits per heavy atom. The van der Waals surface area contributed by atoms with E-state index in [0.29, 0.717) is 12.8 Å². The minimum atomic E-state index is -2.51. The zero-order chi connectivity index (χ0) is 96.3. The number of halogens is 2. The molecular weight excluding hydrogens is 1800 g/mol. The molecule has 44 heteroatoms. The summed E-state index contributed by atoms with van der Waals surface area (Å²) in [6, 6.07) is 1.96. The molecule has 16 rings (SSSR count). The van der Waals surface area contributed by atoms with Gasteiger partial charge < -0.3 is 167 Å². The fourth-order valence-corrected chi connectivity index (χ4v) is 17.3. The summed E-state index contributed by atoms with van der Waals surface area (Å²) >= 11 is 14.8. The Labute approximate surface area is 773 Å². The molecule has 3 saturated heterocycles. The number of fused-ring (bicyclic) bond motifs is 14. The molecule has 7 aromatic rings. The quantitative estimate of drug-likeness (QED) is 0.0476. The zero-order valence-corrected chi connectivity index (χ0v) is 73.6. The van der Waals surface area contributed by atoms with Crippen LogP contribution in [0.5, 0.6) is 69.0 Å². The van der Waals surface area contributed by atoms with Gasteiger partial charge >= 0.3 is 0 Å². The van der Waals surface area contributed by atoms with Gasteiger partial charge in [0.1, 0.15) is 162 Å². The summed E-state index contributed by atoms with van der Waals surface area (Å²) in [4.78, 5) is 141. The summed E-state index contributed by atoms with van der Waals surface area (Å²) in [5.41, 5.74) is 3.43. The molecule has 134 heavy (non-hydrogen) atoms. The molecule has 3 fully saturated rings. The molecule has 0 aromatic heterocycles. The highest BCUT2D eigenvalue weighted by atomic mass is 35.5. The van der Waals surface area contributed by atoms with Crippen LogP contribution in [-0.4, -0.2) is 268 Å². The van der Waals surface area contributed by atoms with Gasteiger partial charge in [0, 0.05) is 57.1 Å². The van der Waals surface area contributed by atoms with Gasteiger partial charge in [-0.05, 0) is 124 Å². The molecule has 0 saturated carbocycles. The van der Waals surface area contributed by atoms with Gasteiger partial charge in [-0.15, -0.1) is 0 Å². The Kier molecular flexibility index (Phi) is 30.6. The third-order valence-electron chi connectivity index (χ3n) is 23.9. The predicted octanol–water partition coefficient (Wildman–Crippen LogP) is 1.17. The lowest BCUT2D eigenvalue weighted by molar-refractivity contribution is -0.284. The highest BCUT2D eigenvalue weighted by Gasteiger charge is 2.52. The van der Waals surface area contributed by atoms with E-state index in [2.05, 4.69) is 49.5 Å². The average molecular weight is 1910 g/mol. The van der Waals surface area contributed by atoms with Gasteiger partial charge in [0.05, 0.1) is 29.9 Å². The fraction of sp³-hybridized carbons (Fsp3) is 0.433. The summed E-state index contributed by atoms with van der Waals surface area (Å²) in [7, 11) is 2.46. The molecule has 0 spiro atoms. The largest absolute Gasteiger partial charge is 0.508 e. The van der Waals surface area contributed by atoms with Crippen molar-refractivity contribution in [1.29, 1.82) is 0 Å². The summed E-state index contributed by atoms with van der Waals surface area (Å²) < 4.78 is 58.0. The number of carbonyl (C=O) groups is 9. The Bertz CT molecular complexity index is 5600. The van der Waals surface area contributed by atoms with Crippen molar-refractivity contribution in [2.75, 3.05) is 33.9 Å². The van der Waals surface area contributed by atoms with E-state index in [1.54, 1.807) is 0 Å². The van der Waals surface area contributed by atoms with Gasteiger partial charge in [-0.1, -0.05) is 92.9 Å². The number of aliphatic hydroxyl groups is 10. The van der Waals surface area contributed by atoms with Crippen molar-refractivity contribution in [3.05, 3.63) is 164 Å². The fourth-order valence-electron chi connectivity index (χ4n) is 16.8. The molecule has 7 aromatic carbocycles. The van der Waals surface area contributed by atoms with Crippen LogP contribution >= 0.6 is 23.2 Å². The minimum absolute atomic E-state index is 0.0342. The number of aromatic hydroxyl groups is 4. The number of nitrogens with zero attached hydrogens (tertiary/aromatic N) is 1. The topological polar surface area (TPSA) is 645 Å². The van der Waals surface area contributed by atoms with Crippen LogP contribution in [0.15, 0.2) is 115 Å². The standard InChI is InChI=1S/C90H102Cl2N10O32/c1-5-6-7-8-9-10-11-12-62(111)96-70-76(116)73(113)60(34-104)131-89(70)134-80-57-28-42-29-58(80)128-54-20-16-40(26-49(54)92)79(133-88-69(94-36(2)106)75(115)72(112)59(33-103)130-88)71-86(124)100-68(87(125)102(3)4)47-31-44(108)32-56(129-90-78(118)77(117)74(114)61(35-105)132-90)63(47)46-25-39(15-17-51(46)109)65(83(121)101-71)98-85(123)67(42)99-84(122)66-41-23-43(107)30-45(24-41)126-55-27-38(14-18-52(55)110)64(93)82(120)95-50(81(119)97-66)22-37-13-19-53(127-57)48(91)21-37/h13-21,23-32,50,59-61,64-79,88-90,103-105,107-110,112-118H,5-12,22,33-35,93H2,1-4H3,(H,94,106)(H,95,120)(H,96,111)(H,97,119)(H,98,123)(H,99,122)(H,100,124)(H,101,121)/t50-,59+,60+,61-,64-,65-,66+,67-,68+,69+,70+,71+,72-,73-,74-,75-,76-,77-,78+,79-,88+,89+,90+/m1/s1. The maximum absolute atomic E-state index is 17.1. The number of phenols is 4. The molecule has 9 aliphatic heterocycles. The van der Waals surface area contributed by atoms with Gasteiger partial charge in [0.25, 0.3) is 0 Å². The van der Waals surface area contributed by atoms with E-state index in [1.807, 2.05) is 0 Å². The van der Waals surface area contributed by atoms with E-state index in [-0.39, 0.29) is 50.9 Å². The van der Waals surface area contributed by atoms with Gasteiger partial charge in [-0.2, -0.15) is 0 Å². The predicted molar refractivity (Wildman–Crippen MR) is 464 cm³/mol. The van der Waals surface area contributed by atoms with Crippen LogP contribution in [-0.2, 0) is 68.5 Å². The number of aliphatic hydroxyl groups excluding tert-OH is 10. The van der Waals surface area contributed by atoms with E-state index in [4.69, 9.17) is 71.6 Å². The average Bonchev–Trinajstić information content (AvgIpc) is 0.689. The smallest absolute Gasteiger partial charge is 0.249 e. The Hall–Kier alpha value is -12.1. The first-order chi connectivity index (χ1) is 63.9. The first-order valence-electron chi connectivity index (χ1n) is 43.0. The number of phenolic OH excluding ortho intramolecular Hbond substituents is 4. The molecule has 23 atom stereocenters. The lowest BCUT2D eigenvalue weighted by Gasteiger charge is -2.44. The van der Waals surface area contributed by atoms with Crippen molar-refractivity contribution in [1.82, 2.24) is 47.4 Å². The van der Waals surface area contributed by atoms with Crippen LogP contribution in [0.25, 0.3) is 11.1 Å². The lowest BCUT2D eigenvalue weighted by Crippen LogP contribution is -2.65. The highest BCUT2D eigenvalue weighted by Crippen LogP contribution is 2.51. The molecule has 9 aliphatic rings. The minimum Gasteiger partial charge on any atom is -0.508 e. The number of rotatable bonds is 20. The third kappa shape index (κ3) is 21.2. The molecule has 24 N–H and O–H groups in total. The summed E-state index contributed by atoms with van der Waals surface area (Å²) in [6.45, 7) is -0.0247. The van der Waals surface area contributed by atoms with Crippen molar-refractivity contribution in [2.45, 2.75) is 212 Å². The van der Waals surface area contributed by atoms with Crippen LogP contribution in [0.4, 0.5) is 0 Å². The van der Waals surface area contributed by atoms with Crippen molar-refractivity contribution >= 4 is 76.4 Å². The lowest BCUT2D eigenvalue weighted by atomic mass is 9.89. The normalized spacial score (nSPS) is 28.6. The first kappa shape index (κ1) is 98.0. The van der Waals surface area contributed by atoms with Crippen molar-refractivity contribution in [2.24, 2.45) is 5.73 Å². The van der Waals surface area contributed by atoms with E-state index >= 15 is 28.8 Å². The molecule has 0 aliphatic carbocycles. The molecule has 9 heterocycles. The number of likely N-dealkylation sites (N-methyl/N-ethyl adjacent to an activating group) is 1. The molecule has 0 radical (unpaired) electrons. The molecule has 718 valence electrons. The second-order valence-corrected chi connectivity index (χ2v) is 34.4. The number of carbonyl (C=O) groups excluding carboxylic acids is 9. The van der Waals surface area contributed by atoms with Gasteiger partial charge in [0.15, 0.2) is 29.3 Å². The van der Waals surface area contributed by atoms with Gasteiger partial charge in [-0.3, -0.25) is 43.2 Å². The number of unbranched alkanes of at least 4 members (excludes halogenated alkanes) is 6. The zero-order valence-electron chi connectivity index (χ0n) is 72.1. The van der Waals surface area contributed by atoms with Crippen LogP contribution in [0.1, 0.15) is 140 Å². The third-order valence-corrected chi connectivity index (χ3v) is 24.5. The summed E-state index contributed by atoms with van der Waals surface area (Å²) in [6.07, 6.45) is -23.4. The first-order valence-corrected chi connectivity index (χ1v) is 43.7. The van der Waals surface area contributed by atoms with Crippen LogP contribution in [0.3, 0.4) is 0 Å². The SMILES string of the molecule is CCCCCCCCCC(=O)N[C@@H]1[C@H](Oc2c3cc4cc2Oc2ccc(cc2Cl)[C@@H](O[C@@H]2O[C@@H](CO)[C@@H](O)[C@H](O)[C@@H]2NC(C)=O)[C@@H]2NC(=O)[C@H](NC(=O)[C@@H]4NC(=O)[C@H]4NC(=O)[C@@H](Cc5ccc(c(Cl)c5)O3)NC(=O)[C@H](N)c3ccc(O)c(c3)Oc3cc(O)cc4c3)c3ccc(O)c(c3)-c3c(O[C@H]4O[C@H](CO)[C@@H](O)[C@@H](O)[C@@H]4O)cc(O)cc3[C@@H](C(=O)N(C)C)NC2=O)O[C@@H](CO)[C@@H](O)[C@@H]1O.